The zero-order valence-corrected chi connectivity index (χ0v) is 11.0. The average Bonchev–Trinajstić information content (AvgIpc) is 2.66. The highest BCUT2D eigenvalue weighted by Gasteiger charge is 2.29. The van der Waals surface area contributed by atoms with Gasteiger partial charge in [-0.15, -0.1) is 0 Å². The number of nitrogens with zero attached hydrogens (tertiary/aromatic N) is 1. The van der Waals surface area contributed by atoms with Crippen LogP contribution in [0.3, 0.4) is 0 Å². The van der Waals surface area contributed by atoms with Crippen molar-refractivity contribution in [3.05, 3.63) is 18.2 Å². The van der Waals surface area contributed by atoms with Crippen molar-refractivity contribution in [3.8, 4) is 0 Å². The van der Waals surface area contributed by atoms with Crippen molar-refractivity contribution in [2.24, 2.45) is 5.73 Å². The molecule has 1 rings (SSSR count). The number of hydrogen-bond donors (Lipinski definition) is 2. The molecule has 7 nitrogen and oxygen atoms in total. The van der Waals surface area contributed by atoms with Crippen LogP contribution in [0.25, 0.3) is 0 Å². The summed E-state index contributed by atoms with van der Waals surface area (Å²) < 4.78 is 6.06. The molecule has 0 saturated carbocycles. The minimum atomic E-state index is -2.30. The second-order valence-electron chi connectivity index (χ2n) is 3.11. The van der Waals surface area contributed by atoms with E-state index >= 15 is 0 Å². The molecular formula is C8H8Cl3N3O4. The number of nitrogens with one attached hydrogen (secondary N) is 1. The van der Waals surface area contributed by atoms with Crippen molar-refractivity contribution in [3.63, 3.8) is 0 Å². The van der Waals surface area contributed by atoms with Crippen molar-refractivity contribution in [2.45, 2.75) is 16.4 Å². The van der Waals surface area contributed by atoms with E-state index in [1.807, 2.05) is 0 Å². The molecule has 1 atom stereocenters. The molecule has 0 radical (unpaired) electrons. The summed E-state index contributed by atoms with van der Waals surface area (Å²) in [5.74, 6) is -1.01. The highest BCUT2D eigenvalue weighted by molar-refractivity contribution is 6.66. The van der Waals surface area contributed by atoms with Gasteiger partial charge in [-0.1, -0.05) is 0 Å². The standard InChI is InChI=1S/C8H8Cl3N3O4/c9-8(10,11)18-7(16)17-6(15)5(12)1-4-2-13-3-14-4/h2-3,5H,1,12H2,(H,13,14)/t5-/m0/s1. The number of aromatic amines is 1. The number of ether oxygens (including phenoxy) is 2. The third-order valence-corrected chi connectivity index (χ3v) is 1.91. The normalized spacial score (nSPS) is 12.9. The van der Waals surface area contributed by atoms with Gasteiger partial charge in [0.15, 0.2) is 0 Å². The fourth-order valence-corrected chi connectivity index (χ4v) is 1.18. The number of carbonyl (C=O) groups is 2. The van der Waals surface area contributed by atoms with Crippen molar-refractivity contribution >= 4 is 46.9 Å². The van der Waals surface area contributed by atoms with Gasteiger partial charge in [0, 0.05) is 18.3 Å². The van der Waals surface area contributed by atoms with Crippen LogP contribution in [0.1, 0.15) is 5.69 Å². The predicted molar refractivity (Wildman–Crippen MR) is 63.1 cm³/mol. The highest BCUT2D eigenvalue weighted by Crippen LogP contribution is 2.27. The SMILES string of the molecule is N[C@@H](Cc1cnc[nH]1)C(=O)OC(=O)OC(Cl)(Cl)Cl. The molecule has 0 aliphatic heterocycles. The molecule has 10 heteroatoms. The molecule has 0 amide bonds. The Bertz CT molecular complexity index is 418. The van der Waals surface area contributed by atoms with Gasteiger partial charge in [0.1, 0.15) is 6.04 Å². The Morgan fingerprint density at radius 2 is 2.17 bits per heavy atom. The first kappa shape index (κ1) is 15.0. The lowest BCUT2D eigenvalue weighted by Crippen LogP contribution is -2.36. The zero-order valence-electron chi connectivity index (χ0n) is 8.73. The second-order valence-corrected chi connectivity index (χ2v) is 5.28. The molecule has 3 N–H and O–H groups in total. The molecule has 18 heavy (non-hydrogen) atoms. The summed E-state index contributed by atoms with van der Waals surface area (Å²) in [4.78, 5) is 28.8. The zero-order chi connectivity index (χ0) is 13.8. The molecule has 0 bridgehead atoms. The quantitative estimate of drug-likeness (QED) is 0.494. The maximum absolute atomic E-state index is 11.4. The van der Waals surface area contributed by atoms with Crippen LogP contribution in [0.2, 0.25) is 0 Å². The number of halogens is 3. The smallest absolute Gasteiger partial charge is 0.382 e. The van der Waals surface area contributed by atoms with E-state index in [9.17, 15) is 9.59 Å². The Morgan fingerprint density at radius 1 is 1.50 bits per heavy atom. The second kappa shape index (κ2) is 6.24. The minimum Gasteiger partial charge on any atom is -0.382 e. The minimum absolute atomic E-state index is 0.111. The number of alkyl halides is 3. The van der Waals surface area contributed by atoms with Crippen LogP contribution in [0, 0.1) is 0 Å². The van der Waals surface area contributed by atoms with E-state index in [1.165, 1.54) is 12.5 Å². The van der Waals surface area contributed by atoms with Gasteiger partial charge >= 0.3 is 16.1 Å². The average molecular weight is 317 g/mol. The van der Waals surface area contributed by atoms with E-state index in [0.29, 0.717) is 5.69 Å². The number of esters is 1. The van der Waals surface area contributed by atoms with E-state index in [1.54, 1.807) is 0 Å². The van der Waals surface area contributed by atoms with Gasteiger partial charge in [-0.3, -0.25) is 0 Å². The van der Waals surface area contributed by atoms with Crippen LogP contribution >= 0.6 is 34.8 Å². The number of aromatic nitrogens is 2. The number of H-pyrrole nitrogens is 1. The van der Waals surface area contributed by atoms with Crippen molar-refractivity contribution in [1.29, 1.82) is 0 Å². The fourth-order valence-electron chi connectivity index (χ4n) is 0.990. The van der Waals surface area contributed by atoms with Crippen molar-refractivity contribution < 1.29 is 19.1 Å². The van der Waals surface area contributed by atoms with Crippen LogP contribution in [0.4, 0.5) is 4.79 Å². The Labute approximate surface area is 116 Å². The van der Waals surface area contributed by atoms with Crippen molar-refractivity contribution in [2.75, 3.05) is 0 Å². The summed E-state index contributed by atoms with van der Waals surface area (Å²) >= 11 is 15.5. The molecule has 1 heterocycles. The van der Waals surface area contributed by atoms with E-state index in [4.69, 9.17) is 40.5 Å². The molecule has 0 fully saturated rings. The number of hydrogen-bond acceptors (Lipinski definition) is 6. The topological polar surface area (TPSA) is 107 Å². The first-order valence-electron chi connectivity index (χ1n) is 4.52. The highest BCUT2D eigenvalue weighted by atomic mass is 35.6. The summed E-state index contributed by atoms with van der Waals surface area (Å²) in [5.41, 5.74) is 6.10. The maximum atomic E-state index is 11.4. The maximum Gasteiger partial charge on any atom is 0.519 e. The predicted octanol–water partition coefficient (Wildman–Crippen LogP) is 1.29. The first-order chi connectivity index (χ1) is 8.28. The number of rotatable bonds is 3. The van der Waals surface area contributed by atoms with Gasteiger partial charge in [-0.25, -0.2) is 14.6 Å². The molecule has 100 valence electrons. The fraction of sp³-hybridized carbons (Fsp3) is 0.375. The Hall–Kier alpha value is -1.02. The van der Waals surface area contributed by atoms with Gasteiger partial charge < -0.3 is 20.2 Å². The third-order valence-electron chi connectivity index (χ3n) is 1.68. The summed E-state index contributed by atoms with van der Waals surface area (Å²) in [6.45, 7) is 0. The third kappa shape index (κ3) is 5.54. The van der Waals surface area contributed by atoms with Gasteiger partial charge in [-0.05, 0) is 34.8 Å². The van der Waals surface area contributed by atoms with Gasteiger partial charge in [-0.2, -0.15) is 0 Å². The van der Waals surface area contributed by atoms with Crippen LogP contribution in [0.15, 0.2) is 12.5 Å². The molecule has 1 aromatic heterocycles. The lowest BCUT2D eigenvalue weighted by molar-refractivity contribution is -0.141. The summed E-state index contributed by atoms with van der Waals surface area (Å²) in [6.07, 6.45) is 1.57. The molecular weight excluding hydrogens is 308 g/mol. The van der Waals surface area contributed by atoms with E-state index in [2.05, 4.69) is 19.4 Å². The Kier molecular flexibility index (Phi) is 5.21. The van der Waals surface area contributed by atoms with Crippen LogP contribution in [-0.4, -0.2) is 32.1 Å². The van der Waals surface area contributed by atoms with E-state index < -0.39 is 22.1 Å². The van der Waals surface area contributed by atoms with Crippen LogP contribution < -0.4 is 5.73 Å². The monoisotopic (exact) mass is 315 g/mol. The molecule has 0 unspecified atom stereocenters. The van der Waals surface area contributed by atoms with Gasteiger partial charge in [0.05, 0.1) is 6.33 Å². The molecule has 1 aromatic rings. The number of nitrogens with two attached hydrogens (primary N) is 1. The van der Waals surface area contributed by atoms with Crippen molar-refractivity contribution in [1.82, 2.24) is 9.97 Å². The van der Waals surface area contributed by atoms with E-state index in [-0.39, 0.29) is 6.42 Å². The first-order valence-corrected chi connectivity index (χ1v) is 5.65. The Balaban J connectivity index is 2.43. The summed E-state index contributed by atoms with van der Waals surface area (Å²) in [7, 11) is 0. The largest absolute Gasteiger partial charge is 0.519 e. The van der Waals surface area contributed by atoms with Gasteiger partial charge in [0.2, 0.25) is 0 Å². The van der Waals surface area contributed by atoms with Crippen LogP contribution in [0.5, 0.6) is 0 Å². The van der Waals surface area contributed by atoms with Crippen LogP contribution in [-0.2, 0) is 20.7 Å². The lowest BCUT2D eigenvalue weighted by atomic mass is 10.2. The lowest BCUT2D eigenvalue weighted by Gasteiger charge is -2.12. The summed E-state index contributed by atoms with van der Waals surface area (Å²) in [5, 5.41) is 0. The molecule has 0 aliphatic rings. The molecule has 0 saturated heterocycles. The number of imidazole rings is 1. The van der Waals surface area contributed by atoms with E-state index in [0.717, 1.165) is 0 Å². The number of carbonyl (C=O) groups excluding carboxylic acids is 2. The summed E-state index contributed by atoms with van der Waals surface area (Å²) in [6, 6.07) is -1.08. The molecule has 0 spiro atoms. The molecule has 0 aromatic carbocycles. The Morgan fingerprint density at radius 3 is 2.67 bits per heavy atom. The van der Waals surface area contributed by atoms with Gasteiger partial charge in [0.25, 0.3) is 0 Å². The molecule has 0 aliphatic carbocycles.